The average Bonchev–Trinajstić information content (AvgIpc) is 2.99. The fraction of sp³-hybridized carbons (Fsp3) is 0.0588. The van der Waals surface area contributed by atoms with Crippen LogP contribution in [0.3, 0.4) is 0 Å². The van der Waals surface area contributed by atoms with Gasteiger partial charge in [-0.05, 0) is 35.2 Å². The van der Waals surface area contributed by atoms with E-state index < -0.39 is 5.91 Å². The normalized spacial score (nSPS) is 10.7. The lowest BCUT2D eigenvalue weighted by Crippen LogP contribution is -2.13. The van der Waals surface area contributed by atoms with Crippen LogP contribution >= 0.6 is 11.3 Å². The van der Waals surface area contributed by atoms with Crippen LogP contribution in [0.2, 0.25) is 0 Å². The summed E-state index contributed by atoms with van der Waals surface area (Å²) in [5, 5.41) is 3.65. The molecule has 0 radical (unpaired) electrons. The Morgan fingerprint density at radius 1 is 1.22 bits per heavy atom. The molecule has 116 valence electrons. The average molecular weight is 325 g/mol. The summed E-state index contributed by atoms with van der Waals surface area (Å²) < 4.78 is 1.15. The number of nitrogens with one attached hydrogen (secondary N) is 1. The van der Waals surface area contributed by atoms with Crippen molar-refractivity contribution in [1.82, 2.24) is 0 Å². The minimum absolute atomic E-state index is 0.234. The summed E-state index contributed by atoms with van der Waals surface area (Å²) in [6.07, 6.45) is 0.234. The molecule has 1 heterocycles. The van der Waals surface area contributed by atoms with Crippen molar-refractivity contribution >= 4 is 45.0 Å². The molecule has 0 atom stereocenters. The number of rotatable bonds is 4. The first-order chi connectivity index (χ1) is 11.1. The van der Waals surface area contributed by atoms with Gasteiger partial charge in [-0.2, -0.15) is 0 Å². The zero-order valence-electron chi connectivity index (χ0n) is 12.2. The first kappa shape index (κ1) is 15.2. The van der Waals surface area contributed by atoms with Gasteiger partial charge in [-0.15, -0.1) is 11.3 Å². The topological polar surface area (TPSA) is 98.2 Å². The predicted octanol–water partition coefficient (Wildman–Crippen LogP) is 2.75. The van der Waals surface area contributed by atoms with Crippen LogP contribution in [-0.4, -0.2) is 12.2 Å². The van der Waals surface area contributed by atoms with Gasteiger partial charge in [-0.3, -0.25) is 9.59 Å². The third-order valence-electron chi connectivity index (χ3n) is 3.55. The molecule has 0 saturated heterocycles. The second kappa shape index (κ2) is 6.20. The molecule has 5 nitrogen and oxygen atoms in total. The van der Waals surface area contributed by atoms with Crippen molar-refractivity contribution in [3.05, 3.63) is 48.0 Å². The smallest absolute Gasteiger partial charge is 0.288 e. The van der Waals surface area contributed by atoms with Gasteiger partial charge < -0.3 is 16.8 Å². The summed E-state index contributed by atoms with van der Waals surface area (Å²) in [4.78, 5) is 22.8. The molecular weight excluding hydrogens is 310 g/mol. The highest BCUT2D eigenvalue weighted by molar-refractivity contribution is 7.22. The predicted molar refractivity (Wildman–Crippen MR) is 94.3 cm³/mol. The van der Waals surface area contributed by atoms with E-state index in [1.165, 1.54) is 0 Å². The number of thiophene rings is 1. The number of aldehydes is 1. The van der Waals surface area contributed by atoms with Gasteiger partial charge in [-0.1, -0.05) is 18.2 Å². The molecule has 6 heteroatoms. The molecule has 0 spiro atoms. The maximum Gasteiger partial charge on any atom is 0.288 e. The molecule has 23 heavy (non-hydrogen) atoms. The molecule has 0 saturated carbocycles. The van der Waals surface area contributed by atoms with Gasteiger partial charge in [-0.25, -0.2) is 0 Å². The van der Waals surface area contributed by atoms with Crippen LogP contribution in [0.25, 0.3) is 20.5 Å². The van der Waals surface area contributed by atoms with Crippen molar-refractivity contribution in [2.75, 3.05) is 11.1 Å². The zero-order valence-corrected chi connectivity index (χ0v) is 13.0. The third kappa shape index (κ3) is 2.94. The number of carbonyl (C=O) groups is 2. The number of carbonyl (C=O) groups excluding carboxylic acids is 2. The molecule has 1 amide bonds. The minimum atomic E-state index is -0.708. The van der Waals surface area contributed by atoms with Crippen LogP contribution in [0.1, 0.15) is 5.56 Å². The summed E-state index contributed by atoms with van der Waals surface area (Å²) in [6, 6.07) is 13.5. The van der Waals surface area contributed by atoms with Gasteiger partial charge in [0.05, 0.1) is 0 Å². The Balaban J connectivity index is 2.14. The number of nitrogen functional groups attached to an aromatic ring is 1. The number of hydrogen-bond donors (Lipinski definition) is 3. The highest BCUT2D eigenvalue weighted by Crippen LogP contribution is 2.39. The van der Waals surface area contributed by atoms with Gasteiger partial charge in [0.1, 0.15) is 0 Å². The number of nitrogens with two attached hydrogens (primary N) is 2. The largest absolute Gasteiger partial charge is 0.398 e. The summed E-state index contributed by atoms with van der Waals surface area (Å²) in [7, 11) is 0. The molecule has 0 aliphatic heterocycles. The summed E-state index contributed by atoms with van der Waals surface area (Å²) >= 11 is 1.61. The summed E-state index contributed by atoms with van der Waals surface area (Å²) in [5.74, 6) is -0.708. The molecule has 0 bridgehead atoms. The van der Waals surface area contributed by atoms with Gasteiger partial charge in [0.15, 0.2) is 0 Å². The Bertz CT molecular complexity index is 869. The van der Waals surface area contributed by atoms with E-state index in [1.54, 1.807) is 23.5 Å². The zero-order chi connectivity index (χ0) is 16.4. The monoisotopic (exact) mass is 325 g/mol. The van der Waals surface area contributed by atoms with Gasteiger partial charge in [0, 0.05) is 33.1 Å². The number of anilines is 2. The first-order valence-corrected chi connectivity index (χ1v) is 7.81. The number of fused-ring (bicyclic) bond motifs is 1. The maximum atomic E-state index is 11.3. The van der Waals surface area contributed by atoms with E-state index in [1.807, 2.05) is 24.3 Å². The van der Waals surface area contributed by atoms with Crippen molar-refractivity contribution in [3.63, 3.8) is 0 Å². The highest BCUT2D eigenvalue weighted by atomic mass is 32.1. The fourth-order valence-electron chi connectivity index (χ4n) is 2.44. The van der Waals surface area contributed by atoms with Crippen molar-refractivity contribution in [3.8, 4) is 10.4 Å². The molecule has 0 aliphatic carbocycles. The van der Waals surface area contributed by atoms with Gasteiger partial charge in [0.2, 0.25) is 6.29 Å². The van der Waals surface area contributed by atoms with Gasteiger partial charge in [0.25, 0.3) is 5.91 Å². The van der Waals surface area contributed by atoms with Crippen LogP contribution in [-0.2, 0) is 16.1 Å². The highest BCUT2D eigenvalue weighted by Gasteiger charge is 2.13. The van der Waals surface area contributed by atoms with Crippen LogP contribution in [0.4, 0.5) is 11.4 Å². The Kier molecular flexibility index (Phi) is 4.10. The molecule has 1 aromatic heterocycles. The third-order valence-corrected chi connectivity index (χ3v) is 4.70. The lowest BCUT2D eigenvalue weighted by atomic mass is 10.0. The van der Waals surface area contributed by atoms with E-state index >= 15 is 0 Å². The molecular formula is C17H15N3O2S. The van der Waals surface area contributed by atoms with Crippen molar-refractivity contribution in [2.24, 2.45) is 5.73 Å². The summed E-state index contributed by atoms with van der Waals surface area (Å²) in [5.41, 5.74) is 14.6. The van der Waals surface area contributed by atoms with E-state index in [-0.39, 0.29) is 12.8 Å². The fourth-order valence-corrected chi connectivity index (χ4v) is 3.54. The summed E-state index contributed by atoms with van der Waals surface area (Å²) in [6.45, 7) is 0.245. The molecule has 2 aromatic carbocycles. The Hall–Kier alpha value is -2.70. The quantitative estimate of drug-likeness (QED) is 0.390. The molecule has 0 aliphatic rings. The standard InChI is InChI=1S/C17H15N3O2S/c18-8-11-5-12(20-16(22)9-21)7-13(17(11)19)15-6-10-3-1-2-4-14(10)23-15/h1-7,9H,8,18-19H2,(H,20,22). The van der Waals surface area contributed by atoms with Crippen LogP contribution in [0, 0.1) is 0 Å². The first-order valence-electron chi connectivity index (χ1n) is 7.00. The molecule has 0 unspecified atom stereocenters. The van der Waals surface area contributed by atoms with Crippen molar-refractivity contribution in [1.29, 1.82) is 0 Å². The molecule has 3 rings (SSSR count). The number of benzene rings is 2. The van der Waals surface area contributed by atoms with E-state index in [0.717, 1.165) is 26.1 Å². The van der Waals surface area contributed by atoms with E-state index in [4.69, 9.17) is 11.5 Å². The number of amides is 1. The van der Waals surface area contributed by atoms with Crippen molar-refractivity contribution < 1.29 is 9.59 Å². The van der Waals surface area contributed by atoms with Crippen molar-refractivity contribution in [2.45, 2.75) is 6.54 Å². The lowest BCUT2D eigenvalue weighted by Gasteiger charge is -2.12. The Labute approximate surface area is 136 Å². The van der Waals surface area contributed by atoms with Crippen LogP contribution in [0.15, 0.2) is 42.5 Å². The maximum absolute atomic E-state index is 11.3. The minimum Gasteiger partial charge on any atom is -0.398 e. The van der Waals surface area contributed by atoms with Gasteiger partial charge >= 0.3 is 0 Å². The molecule has 0 fully saturated rings. The van der Waals surface area contributed by atoms with Crippen LogP contribution < -0.4 is 16.8 Å². The number of hydrogen-bond acceptors (Lipinski definition) is 5. The second-order valence-electron chi connectivity index (χ2n) is 5.06. The van der Waals surface area contributed by atoms with E-state index in [9.17, 15) is 9.59 Å². The van der Waals surface area contributed by atoms with Crippen LogP contribution in [0.5, 0.6) is 0 Å². The SMILES string of the molecule is NCc1cc(NC(=O)C=O)cc(-c2cc3ccccc3s2)c1N. The molecule has 3 aromatic rings. The Morgan fingerprint density at radius 2 is 2.00 bits per heavy atom. The van der Waals surface area contributed by atoms with E-state index in [2.05, 4.69) is 11.4 Å². The second-order valence-corrected chi connectivity index (χ2v) is 6.14. The van der Waals surface area contributed by atoms with E-state index in [0.29, 0.717) is 11.4 Å². The lowest BCUT2D eigenvalue weighted by molar-refractivity contribution is -0.127. The Morgan fingerprint density at radius 3 is 2.70 bits per heavy atom. The molecule has 5 N–H and O–H groups in total.